The molecule has 0 spiro atoms. The maximum Gasteiger partial charge on any atom is 0.336 e. The van der Waals surface area contributed by atoms with Crippen LogP contribution in [0.15, 0.2) is 30.3 Å². The lowest BCUT2D eigenvalue weighted by Gasteiger charge is -2.23. The van der Waals surface area contributed by atoms with Gasteiger partial charge in [0.1, 0.15) is 0 Å². The van der Waals surface area contributed by atoms with Gasteiger partial charge in [0.2, 0.25) is 0 Å². The molecule has 0 aliphatic carbocycles. The van der Waals surface area contributed by atoms with E-state index in [9.17, 15) is 9.90 Å². The van der Waals surface area contributed by atoms with Gasteiger partial charge in [-0.1, -0.05) is 30.3 Å². The fraction of sp³-hybridized carbons (Fsp3) is 0.417. The van der Waals surface area contributed by atoms with E-state index >= 15 is 0 Å². The van der Waals surface area contributed by atoms with Crippen molar-refractivity contribution in [1.82, 2.24) is 0 Å². The Kier molecular flexibility index (Phi) is 2.73. The summed E-state index contributed by atoms with van der Waals surface area (Å²) in [5.41, 5.74) is 0.0308. The molecule has 1 heterocycles. The summed E-state index contributed by atoms with van der Waals surface area (Å²) in [7, 11) is 0. The Bertz CT molecular complexity index is 339. The van der Waals surface area contributed by atoms with Crippen LogP contribution in [0.1, 0.15) is 18.4 Å². The molecule has 1 fully saturated rings. The molecule has 0 amide bonds. The number of hydrogen-bond acceptors (Lipinski definition) is 2. The average molecular weight is 206 g/mol. The lowest BCUT2D eigenvalue weighted by atomic mass is 9.92. The van der Waals surface area contributed by atoms with E-state index in [1.165, 1.54) is 0 Å². The molecular weight excluding hydrogens is 192 g/mol. The van der Waals surface area contributed by atoms with E-state index in [1.807, 2.05) is 30.3 Å². The molecule has 2 rings (SSSR count). The van der Waals surface area contributed by atoms with Gasteiger partial charge in [0.25, 0.3) is 0 Å². The van der Waals surface area contributed by atoms with Crippen molar-refractivity contribution in [3.05, 3.63) is 35.9 Å². The lowest BCUT2D eigenvalue weighted by molar-refractivity contribution is -0.159. The van der Waals surface area contributed by atoms with Gasteiger partial charge < -0.3 is 9.84 Å². The van der Waals surface area contributed by atoms with Crippen LogP contribution in [0.4, 0.5) is 0 Å². The first kappa shape index (κ1) is 10.2. The van der Waals surface area contributed by atoms with Gasteiger partial charge in [-0.3, -0.25) is 0 Å². The fourth-order valence-electron chi connectivity index (χ4n) is 2.01. The van der Waals surface area contributed by atoms with E-state index in [-0.39, 0.29) is 0 Å². The molecule has 80 valence electrons. The number of carboxylic acid groups (broad SMARTS) is 1. The lowest BCUT2D eigenvalue weighted by Crippen LogP contribution is -2.40. The van der Waals surface area contributed by atoms with Gasteiger partial charge in [-0.2, -0.15) is 0 Å². The Morgan fingerprint density at radius 2 is 2.13 bits per heavy atom. The smallest absolute Gasteiger partial charge is 0.336 e. The fourth-order valence-corrected chi connectivity index (χ4v) is 2.01. The van der Waals surface area contributed by atoms with Crippen LogP contribution in [0, 0.1) is 0 Å². The summed E-state index contributed by atoms with van der Waals surface area (Å²) >= 11 is 0. The molecular formula is C12H14O3. The molecule has 1 aromatic carbocycles. The normalized spacial score (nSPS) is 25.3. The van der Waals surface area contributed by atoms with E-state index in [0.29, 0.717) is 19.4 Å². The molecule has 1 aromatic rings. The van der Waals surface area contributed by atoms with Crippen LogP contribution < -0.4 is 0 Å². The number of benzene rings is 1. The van der Waals surface area contributed by atoms with Crippen molar-refractivity contribution in [2.24, 2.45) is 0 Å². The summed E-state index contributed by atoms with van der Waals surface area (Å²) in [5, 5.41) is 9.20. The van der Waals surface area contributed by atoms with Crippen molar-refractivity contribution in [3.8, 4) is 0 Å². The van der Waals surface area contributed by atoms with Crippen LogP contribution in [0.5, 0.6) is 0 Å². The van der Waals surface area contributed by atoms with E-state index in [4.69, 9.17) is 4.74 Å². The van der Waals surface area contributed by atoms with Crippen molar-refractivity contribution in [2.75, 3.05) is 6.61 Å². The summed E-state index contributed by atoms with van der Waals surface area (Å²) in [4.78, 5) is 11.2. The molecule has 0 saturated carbocycles. The van der Waals surface area contributed by atoms with Gasteiger partial charge in [-0.05, 0) is 18.4 Å². The summed E-state index contributed by atoms with van der Waals surface area (Å²) in [6.45, 7) is 0.555. The highest BCUT2D eigenvalue weighted by molar-refractivity contribution is 5.78. The molecule has 0 bridgehead atoms. The topological polar surface area (TPSA) is 46.5 Å². The number of ether oxygens (including phenoxy) is 1. The summed E-state index contributed by atoms with van der Waals surface area (Å²) < 4.78 is 5.41. The standard InChI is InChI=1S/C12H14O3/c13-11(14)12(7-4-8-15-12)9-10-5-2-1-3-6-10/h1-3,5-6H,4,7-9H2,(H,13,14). The third kappa shape index (κ3) is 2.02. The van der Waals surface area contributed by atoms with E-state index < -0.39 is 11.6 Å². The second kappa shape index (κ2) is 4.03. The van der Waals surface area contributed by atoms with Gasteiger partial charge >= 0.3 is 5.97 Å². The van der Waals surface area contributed by atoms with Crippen molar-refractivity contribution in [2.45, 2.75) is 24.9 Å². The number of carbonyl (C=O) groups is 1. The maximum absolute atomic E-state index is 11.2. The molecule has 1 aliphatic heterocycles. The third-order valence-corrected chi connectivity index (χ3v) is 2.83. The minimum Gasteiger partial charge on any atom is -0.479 e. The van der Waals surface area contributed by atoms with Crippen molar-refractivity contribution in [1.29, 1.82) is 0 Å². The molecule has 1 saturated heterocycles. The molecule has 15 heavy (non-hydrogen) atoms. The highest BCUT2D eigenvalue weighted by Gasteiger charge is 2.42. The van der Waals surface area contributed by atoms with Gasteiger partial charge in [-0.25, -0.2) is 4.79 Å². The van der Waals surface area contributed by atoms with Crippen LogP contribution in [-0.2, 0) is 16.0 Å². The predicted octanol–water partition coefficient (Wildman–Crippen LogP) is 1.86. The zero-order valence-electron chi connectivity index (χ0n) is 8.48. The first-order valence-corrected chi connectivity index (χ1v) is 5.14. The Morgan fingerprint density at radius 1 is 1.40 bits per heavy atom. The zero-order chi connectivity index (χ0) is 10.7. The second-order valence-corrected chi connectivity index (χ2v) is 3.91. The van der Waals surface area contributed by atoms with E-state index in [0.717, 1.165) is 12.0 Å². The molecule has 0 aromatic heterocycles. The van der Waals surface area contributed by atoms with Crippen LogP contribution in [0.2, 0.25) is 0 Å². The Morgan fingerprint density at radius 3 is 2.67 bits per heavy atom. The predicted molar refractivity (Wildman–Crippen MR) is 55.7 cm³/mol. The van der Waals surface area contributed by atoms with Gasteiger partial charge in [-0.15, -0.1) is 0 Å². The van der Waals surface area contributed by atoms with Gasteiger partial charge in [0.15, 0.2) is 5.60 Å². The third-order valence-electron chi connectivity index (χ3n) is 2.83. The number of aliphatic carboxylic acids is 1. The molecule has 0 radical (unpaired) electrons. The molecule has 3 nitrogen and oxygen atoms in total. The van der Waals surface area contributed by atoms with Crippen molar-refractivity contribution in [3.63, 3.8) is 0 Å². The Hall–Kier alpha value is -1.35. The van der Waals surface area contributed by atoms with Crippen LogP contribution in [0.25, 0.3) is 0 Å². The first-order valence-electron chi connectivity index (χ1n) is 5.14. The van der Waals surface area contributed by atoms with Crippen molar-refractivity contribution < 1.29 is 14.6 Å². The highest BCUT2D eigenvalue weighted by atomic mass is 16.5. The molecule has 1 N–H and O–H groups in total. The first-order chi connectivity index (χ1) is 7.23. The molecule has 1 aliphatic rings. The number of hydrogen-bond donors (Lipinski definition) is 1. The van der Waals surface area contributed by atoms with E-state index in [2.05, 4.69) is 0 Å². The van der Waals surface area contributed by atoms with Gasteiger partial charge in [0, 0.05) is 13.0 Å². The molecule has 1 unspecified atom stereocenters. The summed E-state index contributed by atoms with van der Waals surface area (Å²) in [5.74, 6) is -0.844. The summed E-state index contributed by atoms with van der Waals surface area (Å²) in [6.07, 6.45) is 1.90. The molecule has 1 atom stereocenters. The largest absolute Gasteiger partial charge is 0.479 e. The van der Waals surface area contributed by atoms with Crippen LogP contribution >= 0.6 is 0 Å². The minimum absolute atomic E-state index is 0.461. The summed E-state index contributed by atoms with van der Waals surface area (Å²) in [6, 6.07) is 9.63. The minimum atomic E-state index is -0.985. The highest BCUT2D eigenvalue weighted by Crippen LogP contribution is 2.29. The Balaban J connectivity index is 2.18. The van der Waals surface area contributed by atoms with Gasteiger partial charge in [0.05, 0.1) is 0 Å². The molecule has 3 heteroatoms. The SMILES string of the molecule is O=C(O)C1(Cc2ccccc2)CCCO1. The zero-order valence-corrected chi connectivity index (χ0v) is 8.48. The maximum atomic E-state index is 11.2. The monoisotopic (exact) mass is 206 g/mol. The van der Waals surface area contributed by atoms with E-state index in [1.54, 1.807) is 0 Å². The Labute approximate surface area is 88.7 Å². The second-order valence-electron chi connectivity index (χ2n) is 3.91. The van der Waals surface area contributed by atoms with Crippen molar-refractivity contribution >= 4 is 5.97 Å². The van der Waals surface area contributed by atoms with Crippen LogP contribution in [-0.4, -0.2) is 23.3 Å². The number of rotatable bonds is 3. The number of carboxylic acids is 1. The van der Waals surface area contributed by atoms with Crippen LogP contribution in [0.3, 0.4) is 0 Å². The quantitative estimate of drug-likeness (QED) is 0.821. The average Bonchev–Trinajstić information content (AvgIpc) is 2.69.